The first-order valence-electron chi connectivity index (χ1n) is 9.73. The standard InChI is InChI=1S/C22H25N3O/c26-21(17-15-22(17)10-12-23-13-11-22)24-18-6-2-4-8-20(18)25-14-9-16-5-1-3-7-19(16)25/h1-8,17,23H,9-15H2,(H,24,26). The van der Waals surface area contributed by atoms with E-state index < -0.39 is 0 Å². The molecule has 134 valence electrons. The summed E-state index contributed by atoms with van der Waals surface area (Å²) in [4.78, 5) is 15.2. The average Bonchev–Trinajstić information content (AvgIpc) is 3.20. The lowest BCUT2D eigenvalue weighted by atomic mass is 9.92. The molecule has 1 atom stereocenters. The van der Waals surface area contributed by atoms with E-state index in [2.05, 4.69) is 51.9 Å². The van der Waals surface area contributed by atoms with Gasteiger partial charge in [-0.1, -0.05) is 30.3 Å². The summed E-state index contributed by atoms with van der Waals surface area (Å²) in [6.45, 7) is 3.06. The SMILES string of the molecule is O=C(Nc1ccccc1N1CCc2ccccc21)C1CC12CCNCC2. The summed E-state index contributed by atoms with van der Waals surface area (Å²) in [5.74, 6) is 0.385. The van der Waals surface area contributed by atoms with Gasteiger partial charge in [-0.15, -0.1) is 0 Å². The Morgan fingerprint density at radius 3 is 2.62 bits per heavy atom. The average molecular weight is 347 g/mol. The molecular formula is C22H25N3O. The van der Waals surface area contributed by atoms with Crippen LogP contribution >= 0.6 is 0 Å². The van der Waals surface area contributed by atoms with Crippen molar-refractivity contribution in [2.75, 3.05) is 29.9 Å². The molecule has 0 radical (unpaired) electrons. The summed E-state index contributed by atoms with van der Waals surface area (Å²) in [5, 5.41) is 6.66. The van der Waals surface area contributed by atoms with Crippen LogP contribution in [0.15, 0.2) is 48.5 Å². The lowest BCUT2D eigenvalue weighted by Crippen LogP contribution is -2.31. The highest BCUT2D eigenvalue weighted by Gasteiger charge is 2.57. The van der Waals surface area contributed by atoms with Crippen molar-refractivity contribution in [2.45, 2.75) is 25.7 Å². The quantitative estimate of drug-likeness (QED) is 0.890. The summed E-state index contributed by atoms with van der Waals surface area (Å²) in [7, 11) is 0. The first-order valence-corrected chi connectivity index (χ1v) is 9.73. The van der Waals surface area contributed by atoms with E-state index >= 15 is 0 Å². The van der Waals surface area contributed by atoms with Crippen LogP contribution in [0.2, 0.25) is 0 Å². The van der Waals surface area contributed by atoms with Crippen LogP contribution in [0.5, 0.6) is 0 Å². The molecule has 1 unspecified atom stereocenters. The molecule has 26 heavy (non-hydrogen) atoms. The number of nitrogens with zero attached hydrogens (tertiary/aromatic N) is 1. The molecule has 5 rings (SSSR count). The molecule has 2 aromatic carbocycles. The largest absolute Gasteiger partial charge is 0.339 e. The molecule has 1 saturated heterocycles. The van der Waals surface area contributed by atoms with Crippen LogP contribution in [0, 0.1) is 11.3 Å². The van der Waals surface area contributed by atoms with Gasteiger partial charge < -0.3 is 15.5 Å². The third kappa shape index (κ3) is 2.60. The number of hydrogen-bond donors (Lipinski definition) is 2. The second-order valence-electron chi connectivity index (χ2n) is 7.91. The van der Waals surface area contributed by atoms with Gasteiger partial charge in [0.15, 0.2) is 0 Å². The number of hydrogen-bond acceptors (Lipinski definition) is 3. The monoisotopic (exact) mass is 347 g/mol. The van der Waals surface area contributed by atoms with Crippen molar-refractivity contribution in [3.05, 3.63) is 54.1 Å². The highest BCUT2D eigenvalue weighted by molar-refractivity contribution is 5.98. The van der Waals surface area contributed by atoms with E-state index in [1.54, 1.807) is 0 Å². The van der Waals surface area contributed by atoms with Crippen LogP contribution in [0.1, 0.15) is 24.8 Å². The van der Waals surface area contributed by atoms with Crippen molar-refractivity contribution in [3.63, 3.8) is 0 Å². The summed E-state index contributed by atoms with van der Waals surface area (Å²) >= 11 is 0. The lowest BCUT2D eigenvalue weighted by Gasteiger charge is -2.25. The molecule has 1 aliphatic carbocycles. The predicted octanol–water partition coefficient (Wildman–Crippen LogP) is 3.71. The molecule has 0 aromatic heterocycles. The van der Waals surface area contributed by atoms with Crippen molar-refractivity contribution in [3.8, 4) is 0 Å². The topological polar surface area (TPSA) is 44.4 Å². The number of amides is 1. The second-order valence-corrected chi connectivity index (χ2v) is 7.91. The number of rotatable bonds is 3. The molecular weight excluding hydrogens is 322 g/mol. The molecule has 1 amide bonds. The van der Waals surface area contributed by atoms with E-state index in [0.717, 1.165) is 56.7 Å². The van der Waals surface area contributed by atoms with E-state index in [-0.39, 0.29) is 17.2 Å². The molecule has 1 spiro atoms. The zero-order valence-electron chi connectivity index (χ0n) is 15.0. The zero-order chi connectivity index (χ0) is 17.6. The van der Waals surface area contributed by atoms with E-state index in [1.165, 1.54) is 11.3 Å². The van der Waals surface area contributed by atoms with Crippen LogP contribution in [0.4, 0.5) is 17.1 Å². The van der Waals surface area contributed by atoms with Gasteiger partial charge in [-0.25, -0.2) is 0 Å². The van der Waals surface area contributed by atoms with Crippen molar-refractivity contribution < 1.29 is 4.79 Å². The summed E-state index contributed by atoms with van der Waals surface area (Å²) in [6, 6.07) is 16.8. The van der Waals surface area contributed by atoms with Gasteiger partial charge in [-0.2, -0.15) is 0 Å². The lowest BCUT2D eigenvalue weighted by molar-refractivity contribution is -0.118. The summed E-state index contributed by atoms with van der Waals surface area (Å²) in [6.07, 6.45) is 4.37. The van der Waals surface area contributed by atoms with E-state index in [0.29, 0.717) is 0 Å². The van der Waals surface area contributed by atoms with Gasteiger partial charge in [0.1, 0.15) is 0 Å². The van der Waals surface area contributed by atoms with Gasteiger partial charge in [0.05, 0.1) is 11.4 Å². The Balaban J connectivity index is 1.37. The Labute approximate surface area is 154 Å². The number of para-hydroxylation sites is 3. The summed E-state index contributed by atoms with van der Waals surface area (Å²) < 4.78 is 0. The van der Waals surface area contributed by atoms with Gasteiger partial charge in [-0.3, -0.25) is 4.79 Å². The Bertz CT molecular complexity index is 841. The zero-order valence-corrected chi connectivity index (χ0v) is 15.0. The normalized spacial score (nSPS) is 22.9. The van der Waals surface area contributed by atoms with Gasteiger partial charge >= 0.3 is 0 Å². The minimum atomic E-state index is 0.184. The molecule has 2 aromatic rings. The number of fused-ring (bicyclic) bond motifs is 1. The van der Waals surface area contributed by atoms with Gasteiger partial charge in [0.25, 0.3) is 0 Å². The predicted molar refractivity (Wildman–Crippen MR) is 105 cm³/mol. The molecule has 1 saturated carbocycles. The number of nitrogens with one attached hydrogen (secondary N) is 2. The highest BCUT2D eigenvalue weighted by atomic mass is 16.2. The van der Waals surface area contributed by atoms with Gasteiger partial charge in [-0.05, 0) is 68.0 Å². The number of carbonyl (C=O) groups excluding carboxylic acids is 1. The number of benzene rings is 2. The minimum absolute atomic E-state index is 0.184. The third-order valence-electron chi connectivity index (χ3n) is 6.45. The summed E-state index contributed by atoms with van der Waals surface area (Å²) in [5.41, 5.74) is 4.95. The fourth-order valence-electron chi connectivity index (χ4n) is 4.82. The Kier molecular flexibility index (Phi) is 3.75. The molecule has 4 nitrogen and oxygen atoms in total. The third-order valence-corrected chi connectivity index (χ3v) is 6.45. The van der Waals surface area contributed by atoms with E-state index in [9.17, 15) is 4.79 Å². The van der Waals surface area contributed by atoms with Gasteiger partial charge in [0, 0.05) is 18.2 Å². The first-order chi connectivity index (χ1) is 12.8. The van der Waals surface area contributed by atoms with Gasteiger partial charge in [0.2, 0.25) is 5.91 Å². The van der Waals surface area contributed by atoms with Crippen LogP contribution in [0.25, 0.3) is 0 Å². The van der Waals surface area contributed by atoms with Crippen molar-refractivity contribution in [1.82, 2.24) is 5.32 Å². The molecule has 0 bridgehead atoms. The minimum Gasteiger partial charge on any atom is -0.339 e. The Morgan fingerprint density at radius 1 is 1.04 bits per heavy atom. The fourth-order valence-corrected chi connectivity index (χ4v) is 4.82. The highest BCUT2D eigenvalue weighted by Crippen LogP contribution is 2.59. The number of anilines is 3. The van der Waals surface area contributed by atoms with Crippen LogP contribution in [-0.2, 0) is 11.2 Å². The van der Waals surface area contributed by atoms with Crippen LogP contribution in [0.3, 0.4) is 0 Å². The van der Waals surface area contributed by atoms with E-state index in [4.69, 9.17) is 0 Å². The maximum atomic E-state index is 12.9. The Morgan fingerprint density at radius 2 is 1.77 bits per heavy atom. The molecule has 3 aliphatic rings. The maximum absolute atomic E-state index is 12.9. The fraction of sp³-hybridized carbons (Fsp3) is 0.409. The number of carbonyl (C=O) groups is 1. The van der Waals surface area contributed by atoms with Crippen molar-refractivity contribution >= 4 is 23.0 Å². The smallest absolute Gasteiger partial charge is 0.228 e. The molecule has 2 fully saturated rings. The number of piperidine rings is 1. The Hall–Kier alpha value is -2.33. The van der Waals surface area contributed by atoms with Crippen molar-refractivity contribution in [1.29, 1.82) is 0 Å². The van der Waals surface area contributed by atoms with Crippen molar-refractivity contribution in [2.24, 2.45) is 11.3 Å². The van der Waals surface area contributed by atoms with Crippen LogP contribution < -0.4 is 15.5 Å². The van der Waals surface area contributed by atoms with Crippen LogP contribution in [-0.4, -0.2) is 25.5 Å². The molecule has 2 aliphatic heterocycles. The maximum Gasteiger partial charge on any atom is 0.228 e. The molecule has 4 heteroatoms. The first kappa shape index (κ1) is 15.9. The molecule has 2 N–H and O–H groups in total. The molecule has 2 heterocycles. The second kappa shape index (κ2) is 6.13. The van der Waals surface area contributed by atoms with E-state index in [1.807, 2.05) is 12.1 Å².